The van der Waals surface area contributed by atoms with Crippen LogP contribution >= 0.6 is 11.8 Å². The fraction of sp³-hybridized carbons (Fsp3) is 0.429. The molecule has 2 aromatic heterocycles. The third-order valence-electron chi connectivity index (χ3n) is 5.46. The number of benzene rings is 1. The van der Waals surface area contributed by atoms with E-state index in [9.17, 15) is 4.79 Å². The summed E-state index contributed by atoms with van der Waals surface area (Å²) in [6.07, 6.45) is 1.98. The first-order chi connectivity index (χ1) is 14.4. The molecule has 0 radical (unpaired) electrons. The Kier molecular flexibility index (Phi) is 5.55. The second-order valence-corrected chi connectivity index (χ2v) is 8.88. The molecule has 0 bridgehead atoms. The van der Waals surface area contributed by atoms with Gasteiger partial charge in [-0.2, -0.15) is 10.1 Å². The van der Waals surface area contributed by atoms with Crippen molar-refractivity contribution in [2.45, 2.75) is 44.9 Å². The van der Waals surface area contributed by atoms with E-state index in [4.69, 9.17) is 5.10 Å². The Hall–Kier alpha value is -2.81. The van der Waals surface area contributed by atoms with Gasteiger partial charge in [-0.25, -0.2) is 4.68 Å². The van der Waals surface area contributed by atoms with Crippen molar-refractivity contribution in [3.05, 3.63) is 47.3 Å². The highest BCUT2D eigenvalue weighted by molar-refractivity contribution is 7.99. The lowest BCUT2D eigenvalue weighted by Crippen LogP contribution is -2.46. The summed E-state index contributed by atoms with van der Waals surface area (Å²) in [7, 11) is 1.89. The number of thioether (sulfide) groups is 1. The summed E-state index contributed by atoms with van der Waals surface area (Å²) in [5.41, 5.74) is 3.72. The quantitative estimate of drug-likeness (QED) is 0.609. The summed E-state index contributed by atoms with van der Waals surface area (Å²) in [4.78, 5) is 18.2. The Morgan fingerprint density at radius 1 is 1.27 bits per heavy atom. The Bertz CT molecular complexity index is 1070. The van der Waals surface area contributed by atoms with E-state index in [1.165, 1.54) is 0 Å². The number of carbonyl (C=O) groups excluding carboxylic acids is 1. The number of hydrogen-bond acceptors (Lipinski definition) is 6. The maximum absolute atomic E-state index is 13.5. The fourth-order valence-electron chi connectivity index (χ4n) is 4.04. The molecule has 0 saturated carbocycles. The number of nitrogens with one attached hydrogen (secondary N) is 2. The highest BCUT2D eigenvalue weighted by Gasteiger charge is 2.43. The van der Waals surface area contributed by atoms with Gasteiger partial charge in [0.15, 0.2) is 0 Å². The van der Waals surface area contributed by atoms with Crippen LogP contribution in [0.4, 0.5) is 11.6 Å². The number of anilines is 2. The zero-order chi connectivity index (χ0) is 21.4. The first kappa shape index (κ1) is 20.5. The van der Waals surface area contributed by atoms with E-state index in [0.29, 0.717) is 11.1 Å². The molecule has 0 aliphatic carbocycles. The van der Waals surface area contributed by atoms with Gasteiger partial charge < -0.3 is 10.6 Å². The largest absolute Gasteiger partial charge is 0.351 e. The molecular weight excluding hydrogens is 398 g/mol. The van der Waals surface area contributed by atoms with Gasteiger partial charge in [0.05, 0.1) is 17.7 Å². The van der Waals surface area contributed by atoms with E-state index < -0.39 is 0 Å². The van der Waals surface area contributed by atoms with Gasteiger partial charge in [-0.05, 0) is 38.2 Å². The lowest BCUT2D eigenvalue weighted by molar-refractivity contribution is -0.121. The Balaban J connectivity index is 1.78. The van der Waals surface area contributed by atoms with Gasteiger partial charge in [-0.1, -0.05) is 36.9 Å². The predicted molar refractivity (Wildman–Crippen MR) is 119 cm³/mol. The van der Waals surface area contributed by atoms with Gasteiger partial charge in [0, 0.05) is 30.5 Å². The highest BCUT2D eigenvalue weighted by atomic mass is 32.2. The third kappa shape index (κ3) is 3.69. The molecule has 1 aliphatic heterocycles. The second kappa shape index (κ2) is 8.14. The van der Waals surface area contributed by atoms with Crippen LogP contribution in [0.3, 0.4) is 0 Å². The molecule has 0 fully saturated rings. The Labute approximate surface area is 180 Å². The van der Waals surface area contributed by atoms with Crippen LogP contribution in [0, 0.1) is 19.8 Å². The van der Waals surface area contributed by atoms with E-state index >= 15 is 0 Å². The van der Waals surface area contributed by atoms with E-state index in [2.05, 4.69) is 27.6 Å². The van der Waals surface area contributed by atoms with Crippen LogP contribution in [0.15, 0.2) is 35.6 Å². The summed E-state index contributed by atoms with van der Waals surface area (Å²) in [5.74, 6) is 1.13. The molecule has 0 spiro atoms. The van der Waals surface area contributed by atoms with Crippen LogP contribution < -0.4 is 10.6 Å². The number of aryl methyl sites for hydroxylation is 3. The van der Waals surface area contributed by atoms with Crippen molar-refractivity contribution in [1.82, 2.24) is 24.5 Å². The van der Waals surface area contributed by atoms with E-state index in [1.54, 1.807) is 16.4 Å². The van der Waals surface area contributed by atoms with Gasteiger partial charge in [0.2, 0.25) is 17.0 Å². The molecule has 3 heterocycles. The molecule has 8 nitrogen and oxygen atoms in total. The van der Waals surface area contributed by atoms with E-state index in [-0.39, 0.29) is 23.9 Å². The highest BCUT2D eigenvalue weighted by Crippen LogP contribution is 2.38. The van der Waals surface area contributed by atoms with Gasteiger partial charge in [-0.15, -0.1) is 5.10 Å². The van der Waals surface area contributed by atoms with Crippen molar-refractivity contribution >= 4 is 29.3 Å². The first-order valence-electron chi connectivity index (χ1n) is 10.1. The summed E-state index contributed by atoms with van der Waals surface area (Å²) < 4.78 is 3.64. The van der Waals surface area contributed by atoms with Crippen molar-refractivity contribution in [1.29, 1.82) is 0 Å². The molecule has 0 saturated heterocycles. The third-order valence-corrected chi connectivity index (χ3v) is 6.18. The van der Waals surface area contributed by atoms with Crippen LogP contribution in [-0.2, 0) is 11.8 Å². The molecule has 30 heavy (non-hydrogen) atoms. The number of rotatable bonds is 5. The zero-order valence-electron chi connectivity index (χ0n) is 17.9. The lowest BCUT2D eigenvalue weighted by Gasteiger charge is -2.36. The Morgan fingerprint density at radius 3 is 2.70 bits per heavy atom. The van der Waals surface area contributed by atoms with Crippen molar-refractivity contribution in [2.24, 2.45) is 13.0 Å². The molecule has 1 amide bonds. The summed E-state index contributed by atoms with van der Waals surface area (Å²) in [5, 5.41) is 16.5. The minimum Gasteiger partial charge on any atom is -0.351 e. The van der Waals surface area contributed by atoms with Crippen molar-refractivity contribution in [3.8, 4) is 0 Å². The summed E-state index contributed by atoms with van der Waals surface area (Å²) in [6.45, 7) is 8.05. The van der Waals surface area contributed by atoms with Crippen LogP contribution in [-0.4, -0.2) is 42.2 Å². The van der Waals surface area contributed by atoms with Crippen molar-refractivity contribution in [2.75, 3.05) is 16.4 Å². The molecule has 9 heteroatoms. The van der Waals surface area contributed by atoms with Crippen LogP contribution in [0.5, 0.6) is 0 Å². The van der Waals surface area contributed by atoms with Gasteiger partial charge in [0.25, 0.3) is 0 Å². The molecule has 4 rings (SSSR count). The van der Waals surface area contributed by atoms with Crippen LogP contribution in [0.2, 0.25) is 0 Å². The molecule has 3 atom stereocenters. The smallest absolute Gasteiger partial charge is 0.232 e. The fourth-order valence-corrected chi connectivity index (χ4v) is 4.59. The SMILES string of the molecule is CCSc1nc2n(n1)[C@H](c1cn(C)nc1C)[C@@H](C(=O)Nc1ccccc1C)[C@@H](C)N2. The second-order valence-electron chi connectivity index (χ2n) is 7.65. The molecule has 1 aromatic carbocycles. The number of amides is 1. The Morgan fingerprint density at radius 2 is 2.03 bits per heavy atom. The van der Waals surface area contributed by atoms with Crippen molar-refractivity contribution in [3.63, 3.8) is 0 Å². The van der Waals surface area contributed by atoms with Gasteiger partial charge in [0.1, 0.15) is 0 Å². The summed E-state index contributed by atoms with van der Waals surface area (Å²) in [6, 6.07) is 7.38. The summed E-state index contributed by atoms with van der Waals surface area (Å²) >= 11 is 1.59. The van der Waals surface area contributed by atoms with Crippen LogP contribution in [0.1, 0.15) is 36.7 Å². The van der Waals surface area contributed by atoms with E-state index in [0.717, 1.165) is 28.3 Å². The lowest BCUT2D eigenvalue weighted by atomic mass is 9.85. The maximum atomic E-state index is 13.5. The first-order valence-corrected chi connectivity index (χ1v) is 11.1. The number of aromatic nitrogens is 5. The minimum atomic E-state index is -0.388. The van der Waals surface area contributed by atoms with E-state index in [1.807, 2.05) is 63.0 Å². The number of nitrogens with zero attached hydrogens (tertiary/aromatic N) is 5. The molecule has 1 aliphatic rings. The number of carbonyl (C=O) groups is 1. The molecular formula is C21H27N7OS. The minimum absolute atomic E-state index is 0.0524. The van der Waals surface area contributed by atoms with Crippen LogP contribution in [0.25, 0.3) is 0 Å². The standard InChI is InChI=1S/C21H27N7OS/c1-6-30-21-24-20-22-14(4)17(19(29)23-16-10-8-7-9-12(16)2)18(28(20)26-21)15-11-27(5)25-13(15)3/h7-11,14,17-18H,6H2,1-5H3,(H,23,29)(H,22,24,26)/t14-,17+,18-/m1/s1. The van der Waals surface area contributed by atoms with Crippen molar-refractivity contribution < 1.29 is 4.79 Å². The number of hydrogen-bond donors (Lipinski definition) is 2. The average molecular weight is 426 g/mol. The van der Waals surface area contributed by atoms with Gasteiger partial charge >= 0.3 is 0 Å². The zero-order valence-corrected chi connectivity index (χ0v) is 18.7. The monoisotopic (exact) mass is 425 g/mol. The maximum Gasteiger partial charge on any atom is 0.232 e. The molecule has 158 valence electrons. The normalized spacial score (nSPS) is 20.5. The number of fused-ring (bicyclic) bond motifs is 1. The number of para-hydroxylation sites is 1. The topological polar surface area (TPSA) is 89.7 Å². The molecule has 0 unspecified atom stereocenters. The molecule has 2 N–H and O–H groups in total. The van der Waals surface area contributed by atoms with Gasteiger partial charge in [-0.3, -0.25) is 9.48 Å². The molecule has 3 aromatic rings. The predicted octanol–water partition coefficient (Wildman–Crippen LogP) is 3.40. The average Bonchev–Trinajstić information content (AvgIpc) is 3.24.